The van der Waals surface area contributed by atoms with E-state index in [9.17, 15) is 9.18 Å². The van der Waals surface area contributed by atoms with Gasteiger partial charge in [-0.3, -0.25) is 4.79 Å². The van der Waals surface area contributed by atoms with Crippen LogP contribution in [0.4, 0.5) is 4.39 Å². The van der Waals surface area contributed by atoms with Gasteiger partial charge in [0.15, 0.2) is 5.96 Å². The first kappa shape index (κ1) is 13.1. The Kier molecular flexibility index (Phi) is 3.20. The molecule has 0 saturated heterocycles. The van der Waals surface area contributed by atoms with E-state index < -0.39 is 0 Å². The van der Waals surface area contributed by atoms with Crippen molar-refractivity contribution in [2.75, 3.05) is 0 Å². The van der Waals surface area contributed by atoms with Crippen LogP contribution in [0.15, 0.2) is 29.3 Å². The number of aliphatic imine (C=N–C) groups is 1. The zero-order valence-corrected chi connectivity index (χ0v) is 11.1. The number of rotatable bonds is 2. The van der Waals surface area contributed by atoms with E-state index in [1.165, 1.54) is 12.1 Å². The Morgan fingerprint density at radius 2 is 1.80 bits per heavy atom. The quantitative estimate of drug-likeness (QED) is 0.637. The number of carbonyl (C=O) groups excluding carboxylic acids is 1. The Morgan fingerprint density at radius 1 is 1.15 bits per heavy atom. The van der Waals surface area contributed by atoms with Gasteiger partial charge in [0, 0.05) is 0 Å². The molecule has 1 aromatic rings. The van der Waals surface area contributed by atoms with Gasteiger partial charge in [-0.15, -0.1) is 0 Å². The third-order valence-corrected chi connectivity index (χ3v) is 4.70. The predicted molar refractivity (Wildman–Crippen MR) is 74.3 cm³/mol. The van der Waals surface area contributed by atoms with Gasteiger partial charge in [0.2, 0.25) is 0 Å². The SMILES string of the molecule is NC(N)=NC(=O)C1C2CCC(C2)C1c1ccc(F)cc1. The minimum absolute atomic E-state index is 0.116. The molecule has 0 spiro atoms. The van der Waals surface area contributed by atoms with Gasteiger partial charge in [-0.05, 0) is 54.7 Å². The molecular formula is C15H18FN3O. The number of guanidine groups is 1. The summed E-state index contributed by atoms with van der Waals surface area (Å²) >= 11 is 0. The van der Waals surface area contributed by atoms with Gasteiger partial charge in [-0.25, -0.2) is 4.39 Å². The molecule has 0 aromatic heterocycles. The lowest BCUT2D eigenvalue weighted by atomic mass is 9.75. The lowest BCUT2D eigenvalue weighted by Crippen LogP contribution is -2.31. The molecule has 4 atom stereocenters. The topological polar surface area (TPSA) is 81.5 Å². The lowest BCUT2D eigenvalue weighted by Gasteiger charge is -2.29. The van der Waals surface area contributed by atoms with Crippen LogP contribution in [-0.4, -0.2) is 11.9 Å². The summed E-state index contributed by atoms with van der Waals surface area (Å²) in [5.41, 5.74) is 11.7. The Hall–Kier alpha value is -1.91. The molecule has 0 heterocycles. The second-order valence-electron chi connectivity index (χ2n) is 5.81. The fourth-order valence-corrected chi connectivity index (χ4v) is 4.01. The molecule has 1 amide bonds. The second-order valence-corrected chi connectivity index (χ2v) is 5.81. The Bertz CT molecular complexity index is 551. The highest BCUT2D eigenvalue weighted by Crippen LogP contribution is 2.57. The number of carbonyl (C=O) groups is 1. The van der Waals surface area contributed by atoms with Gasteiger partial charge >= 0.3 is 0 Å². The van der Waals surface area contributed by atoms with Gasteiger partial charge in [0.05, 0.1) is 5.92 Å². The van der Waals surface area contributed by atoms with E-state index in [0.29, 0.717) is 11.8 Å². The molecule has 4 N–H and O–H groups in total. The molecule has 4 nitrogen and oxygen atoms in total. The zero-order chi connectivity index (χ0) is 14.3. The van der Waals surface area contributed by atoms with E-state index in [-0.39, 0.29) is 29.5 Å². The summed E-state index contributed by atoms with van der Waals surface area (Å²) in [6.45, 7) is 0. The molecule has 20 heavy (non-hydrogen) atoms. The average Bonchev–Trinajstić information content (AvgIpc) is 2.99. The first-order chi connectivity index (χ1) is 9.56. The standard InChI is InChI=1S/C15H18FN3O/c16-11-5-3-8(4-6-11)12-9-1-2-10(7-9)13(12)14(20)19-15(17)18/h3-6,9-10,12-13H,1-2,7H2,(H4,17,18,19,20). The third-order valence-electron chi connectivity index (χ3n) is 4.70. The van der Waals surface area contributed by atoms with E-state index in [4.69, 9.17) is 11.5 Å². The van der Waals surface area contributed by atoms with Crippen LogP contribution in [0.1, 0.15) is 30.7 Å². The Labute approximate surface area is 117 Å². The first-order valence-electron chi connectivity index (χ1n) is 6.95. The smallest absolute Gasteiger partial charge is 0.252 e. The molecule has 3 rings (SSSR count). The minimum Gasteiger partial charge on any atom is -0.370 e. The van der Waals surface area contributed by atoms with Gasteiger partial charge in [-0.1, -0.05) is 12.1 Å². The largest absolute Gasteiger partial charge is 0.370 e. The van der Waals surface area contributed by atoms with E-state index in [0.717, 1.165) is 24.8 Å². The Balaban J connectivity index is 1.93. The van der Waals surface area contributed by atoms with Gasteiger partial charge in [0.1, 0.15) is 5.82 Å². The fraction of sp³-hybridized carbons (Fsp3) is 0.467. The van der Waals surface area contributed by atoms with E-state index >= 15 is 0 Å². The maximum atomic E-state index is 13.1. The molecule has 4 unspecified atom stereocenters. The number of hydrogen-bond acceptors (Lipinski definition) is 1. The van der Waals surface area contributed by atoms with Gasteiger partial charge in [-0.2, -0.15) is 4.99 Å². The van der Waals surface area contributed by atoms with Crippen LogP contribution in [0.3, 0.4) is 0 Å². The first-order valence-corrected chi connectivity index (χ1v) is 6.95. The number of nitrogens with two attached hydrogens (primary N) is 2. The van der Waals surface area contributed by atoms with Crippen LogP contribution in [0.2, 0.25) is 0 Å². The normalized spacial score (nSPS) is 31.2. The summed E-state index contributed by atoms with van der Waals surface area (Å²) < 4.78 is 13.1. The molecule has 0 aliphatic heterocycles. The summed E-state index contributed by atoms with van der Waals surface area (Å²) in [4.78, 5) is 16.0. The van der Waals surface area contributed by atoms with Crippen molar-refractivity contribution in [3.05, 3.63) is 35.6 Å². The maximum Gasteiger partial charge on any atom is 0.252 e. The monoisotopic (exact) mass is 275 g/mol. The van der Waals surface area contributed by atoms with Crippen LogP contribution < -0.4 is 11.5 Å². The summed E-state index contributed by atoms with van der Waals surface area (Å²) in [6.07, 6.45) is 3.22. The molecular weight excluding hydrogens is 257 g/mol. The van der Waals surface area contributed by atoms with Crippen molar-refractivity contribution < 1.29 is 9.18 Å². The average molecular weight is 275 g/mol. The molecule has 2 saturated carbocycles. The number of fused-ring (bicyclic) bond motifs is 2. The number of amides is 1. The van der Waals surface area contributed by atoms with Crippen molar-refractivity contribution in [1.29, 1.82) is 0 Å². The van der Waals surface area contributed by atoms with E-state index in [1.807, 2.05) is 0 Å². The van der Waals surface area contributed by atoms with Crippen LogP contribution in [0.5, 0.6) is 0 Å². The highest BCUT2D eigenvalue weighted by atomic mass is 19.1. The minimum atomic E-state index is -0.260. The summed E-state index contributed by atoms with van der Waals surface area (Å²) in [5.74, 6) is 0.108. The van der Waals surface area contributed by atoms with Crippen molar-refractivity contribution in [2.24, 2.45) is 34.2 Å². The van der Waals surface area contributed by atoms with E-state index in [1.54, 1.807) is 12.1 Å². The fourth-order valence-electron chi connectivity index (χ4n) is 4.01. The van der Waals surface area contributed by atoms with Crippen molar-refractivity contribution in [3.63, 3.8) is 0 Å². The molecule has 106 valence electrons. The highest BCUT2D eigenvalue weighted by molar-refractivity contribution is 5.93. The van der Waals surface area contributed by atoms with Gasteiger partial charge in [0.25, 0.3) is 5.91 Å². The molecule has 0 radical (unpaired) electrons. The van der Waals surface area contributed by atoms with Crippen LogP contribution in [-0.2, 0) is 4.79 Å². The predicted octanol–water partition coefficient (Wildman–Crippen LogP) is 1.76. The molecule has 2 aliphatic carbocycles. The van der Waals surface area contributed by atoms with Crippen molar-refractivity contribution >= 4 is 11.9 Å². The van der Waals surface area contributed by atoms with Crippen molar-refractivity contribution in [1.82, 2.24) is 0 Å². The number of halogens is 1. The molecule has 2 bridgehead atoms. The zero-order valence-electron chi connectivity index (χ0n) is 11.1. The summed E-state index contributed by atoms with van der Waals surface area (Å²) in [7, 11) is 0. The highest BCUT2D eigenvalue weighted by Gasteiger charge is 2.51. The third kappa shape index (κ3) is 2.17. The van der Waals surface area contributed by atoms with Crippen molar-refractivity contribution in [3.8, 4) is 0 Å². The number of hydrogen-bond donors (Lipinski definition) is 2. The number of nitrogens with zero attached hydrogens (tertiary/aromatic N) is 1. The summed E-state index contributed by atoms with van der Waals surface area (Å²) in [6, 6.07) is 6.44. The van der Waals surface area contributed by atoms with E-state index in [2.05, 4.69) is 4.99 Å². The van der Waals surface area contributed by atoms with Crippen LogP contribution in [0.25, 0.3) is 0 Å². The van der Waals surface area contributed by atoms with Crippen molar-refractivity contribution in [2.45, 2.75) is 25.2 Å². The summed E-state index contributed by atoms with van der Waals surface area (Å²) in [5, 5.41) is 0. The number of benzene rings is 1. The molecule has 2 aliphatic rings. The molecule has 2 fully saturated rings. The van der Waals surface area contributed by atoms with Gasteiger partial charge < -0.3 is 11.5 Å². The second kappa shape index (κ2) is 4.89. The molecule has 5 heteroatoms. The van der Waals surface area contributed by atoms with Crippen LogP contribution >= 0.6 is 0 Å². The van der Waals surface area contributed by atoms with Crippen LogP contribution in [0, 0.1) is 23.6 Å². The lowest BCUT2D eigenvalue weighted by molar-refractivity contribution is -0.123. The molecule has 1 aromatic carbocycles. The maximum absolute atomic E-state index is 13.1. The Morgan fingerprint density at radius 3 is 2.45 bits per heavy atom.